The summed E-state index contributed by atoms with van der Waals surface area (Å²) in [6.07, 6.45) is 0.947. The lowest BCUT2D eigenvalue weighted by Crippen LogP contribution is -2.21. The fourth-order valence-electron chi connectivity index (χ4n) is 1.26. The second-order valence-corrected chi connectivity index (χ2v) is 4.63. The number of methoxy groups -OCH3 is 1. The lowest BCUT2D eigenvalue weighted by atomic mass is 10.4. The van der Waals surface area contributed by atoms with Gasteiger partial charge in [0.05, 0.1) is 12.4 Å². The summed E-state index contributed by atoms with van der Waals surface area (Å²) in [5, 5.41) is 0.352. The molecule has 1 atom stereocenters. The number of nitrogens with two attached hydrogens (primary N) is 1. The van der Waals surface area contributed by atoms with E-state index in [1.165, 1.54) is 0 Å². The van der Waals surface area contributed by atoms with Crippen molar-refractivity contribution in [2.24, 2.45) is 5.73 Å². The van der Waals surface area contributed by atoms with Gasteiger partial charge in [0, 0.05) is 25.3 Å². The van der Waals surface area contributed by atoms with Crippen LogP contribution in [0.1, 0.15) is 18.4 Å². The molecule has 0 saturated carbocycles. The molecule has 1 aromatic rings. The third-order valence-electron chi connectivity index (χ3n) is 2.14. The van der Waals surface area contributed by atoms with Crippen LogP contribution in [0.4, 0.5) is 0 Å². The molecule has 0 aliphatic heterocycles. The number of rotatable bonds is 7. The summed E-state index contributed by atoms with van der Waals surface area (Å²) >= 11 is 1.78. The van der Waals surface area contributed by atoms with Gasteiger partial charge >= 0.3 is 0 Å². The van der Waals surface area contributed by atoms with Gasteiger partial charge in [-0.25, -0.2) is 0 Å². The molecule has 3 nitrogen and oxygen atoms in total. The van der Waals surface area contributed by atoms with Crippen molar-refractivity contribution < 1.29 is 9.15 Å². The minimum Gasteiger partial charge on any atom is -0.465 e. The standard InChI is InChI=1S/C11H19NO2S/c1-3-9-4-5-10(14-9)8-15-11(6-12)7-13-2/h4-5,11H,3,6-8,12H2,1-2H3. The Morgan fingerprint density at radius 1 is 1.47 bits per heavy atom. The average Bonchev–Trinajstić information content (AvgIpc) is 2.72. The SMILES string of the molecule is CCc1ccc(CSC(CN)COC)o1. The lowest BCUT2D eigenvalue weighted by molar-refractivity contribution is 0.200. The number of hydrogen-bond donors (Lipinski definition) is 1. The van der Waals surface area contributed by atoms with Crippen LogP contribution in [-0.4, -0.2) is 25.5 Å². The number of aryl methyl sites for hydroxylation is 1. The smallest absolute Gasteiger partial charge is 0.114 e. The summed E-state index contributed by atoms with van der Waals surface area (Å²) in [6, 6.07) is 4.07. The van der Waals surface area contributed by atoms with Crippen molar-refractivity contribution in [3.05, 3.63) is 23.7 Å². The molecule has 0 aliphatic carbocycles. The summed E-state index contributed by atoms with van der Waals surface area (Å²) in [5.41, 5.74) is 5.62. The first kappa shape index (κ1) is 12.6. The van der Waals surface area contributed by atoms with Gasteiger partial charge in [0.2, 0.25) is 0 Å². The van der Waals surface area contributed by atoms with Crippen LogP contribution in [0.25, 0.3) is 0 Å². The highest BCUT2D eigenvalue weighted by molar-refractivity contribution is 7.99. The van der Waals surface area contributed by atoms with Crippen LogP contribution in [0, 0.1) is 0 Å². The summed E-state index contributed by atoms with van der Waals surface area (Å²) in [4.78, 5) is 0. The third-order valence-corrected chi connectivity index (χ3v) is 3.39. The molecule has 0 radical (unpaired) electrons. The van der Waals surface area contributed by atoms with Gasteiger partial charge < -0.3 is 14.9 Å². The van der Waals surface area contributed by atoms with E-state index in [0.29, 0.717) is 18.4 Å². The third kappa shape index (κ3) is 4.28. The van der Waals surface area contributed by atoms with E-state index < -0.39 is 0 Å². The van der Waals surface area contributed by atoms with Crippen molar-refractivity contribution in [2.45, 2.75) is 24.3 Å². The van der Waals surface area contributed by atoms with Crippen LogP contribution < -0.4 is 5.73 Å². The Bertz CT molecular complexity index is 275. The number of hydrogen-bond acceptors (Lipinski definition) is 4. The van der Waals surface area contributed by atoms with Crippen molar-refractivity contribution in [3.8, 4) is 0 Å². The first-order chi connectivity index (χ1) is 7.30. The molecule has 0 amide bonds. The average molecular weight is 229 g/mol. The van der Waals surface area contributed by atoms with E-state index in [4.69, 9.17) is 14.9 Å². The fourth-order valence-corrected chi connectivity index (χ4v) is 2.18. The second-order valence-electron chi connectivity index (χ2n) is 3.35. The van der Waals surface area contributed by atoms with Gasteiger partial charge in [-0.15, -0.1) is 11.8 Å². The molecule has 2 N–H and O–H groups in total. The zero-order valence-corrected chi connectivity index (χ0v) is 10.2. The molecule has 0 bridgehead atoms. The van der Waals surface area contributed by atoms with Crippen molar-refractivity contribution in [1.82, 2.24) is 0 Å². The Kier molecular flexibility index (Phi) is 5.83. The molecular formula is C11H19NO2S. The second kappa shape index (κ2) is 6.93. The molecule has 0 saturated heterocycles. The lowest BCUT2D eigenvalue weighted by Gasteiger charge is -2.11. The molecule has 0 aromatic carbocycles. The van der Waals surface area contributed by atoms with Gasteiger partial charge in [0.15, 0.2) is 0 Å². The maximum atomic E-state index is 5.62. The molecule has 0 spiro atoms. The zero-order chi connectivity index (χ0) is 11.1. The molecular weight excluding hydrogens is 210 g/mol. The van der Waals surface area contributed by atoms with Crippen molar-refractivity contribution in [3.63, 3.8) is 0 Å². The zero-order valence-electron chi connectivity index (χ0n) is 9.36. The number of furan rings is 1. The number of ether oxygens (including phenoxy) is 1. The highest BCUT2D eigenvalue weighted by Crippen LogP contribution is 2.19. The van der Waals surface area contributed by atoms with Crippen LogP contribution in [0.5, 0.6) is 0 Å². The Hall–Kier alpha value is -0.450. The first-order valence-corrected chi connectivity index (χ1v) is 6.23. The van der Waals surface area contributed by atoms with Gasteiger partial charge in [-0.05, 0) is 12.1 Å². The Morgan fingerprint density at radius 2 is 2.20 bits per heavy atom. The molecule has 1 aromatic heterocycles. The Labute approximate surface area is 95.4 Å². The van der Waals surface area contributed by atoms with E-state index in [9.17, 15) is 0 Å². The molecule has 0 aliphatic rings. The molecule has 1 rings (SSSR count). The van der Waals surface area contributed by atoms with Gasteiger partial charge in [-0.1, -0.05) is 6.92 Å². The predicted molar refractivity (Wildman–Crippen MR) is 64.1 cm³/mol. The van der Waals surface area contributed by atoms with Crippen molar-refractivity contribution in [1.29, 1.82) is 0 Å². The maximum absolute atomic E-state index is 5.62. The molecule has 15 heavy (non-hydrogen) atoms. The highest BCUT2D eigenvalue weighted by Gasteiger charge is 2.08. The maximum Gasteiger partial charge on any atom is 0.114 e. The fraction of sp³-hybridized carbons (Fsp3) is 0.636. The van der Waals surface area contributed by atoms with E-state index in [-0.39, 0.29) is 0 Å². The van der Waals surface area contributed by atoms with Crippen LogP contribution in [0.15, 0.2) is 16.5 Å². The Balaban J connectivity index is 2.34. The van der Waals surface area contributed by atoms with E-state index in [2.05, 4.69) is 6.92 Å². The van der Waals surface area contributed by atoms with Gasteiger partial charge in [0.25, 0.3) is 0 Å². The highest BCUT2D eigenvalue weighted by atomic mass is 32.2. The minimum atomic E-state index is 0.352. The van der Waals surface area contributed by atoms with Crippen LogP contribution in [-0.2, 0) is 16.9 Å². The predicted octanol–water partition coefficient (Wildman–Crippen LogP) is 2.05. The van der Waals surface area contributed by atoms with Crippen LogP contribution in [0.2, 0.25) is 0 Å². The van der Waals surface area contributed by atoms with E-state index in [1.807, 2.05) is 12.1 Å². The molecule has 86 valence electrons. The summed E-state index contributed by atoms with van der Waals surface area (Å²) in [7, 11) is 1.70. The minimum absolute atomic E-state index is 0.352. The van der Waals surface area contributed by atoms with Gasteiger partial charge in [0.1, 0.15) is 11.5 Å². The van der Waals surface area contributed by atoms with Gasteiger partial charge in [-0.3, -0.25) is 0 Å². The molecule has 4 heteroatoms. The van der Waals surface area contributed by atoms with Crippen LogP contribution >= 0.6 is 11.8 Å². The van der Waals surface area contributed by atoms with Crippen molar-refractivity contribution >= 4 is 11.8 Å². The van der Waals surface area contributed by atoms with Gasteiger partial charge in [-0.2, -0.15) is 0 Å². The topological polar surface area (TPSA) is 48.4 Å². The summed E-state index contributed by atoms with van der Waals surface area (Å²) < 4.78 is 10.7. The van der Waals surface area contributed by atoms with E-state index in [1.54, 1.807) is 18.9 Å². The monoisotopic (exact) mass is 229 g/mol. The molecule has 1 unspecified atom stereocenters. The molecule has 1 heterocycles. The van der Waals surface area contributed by atoms with Crippen molar-refractivity contribution in [2.75, 3.05) is 20.3 Å². The Morgan fingerprint density at radius 3 is 2.73 bits per heavy atom. The largest absolute Gasteiger partial charge is 0.465 e. The summed E-state index contributed by atoms with van der Waals surface area (Å²) in [5.74, 6) is 2.93. The number of thioether (sulfide) groups is 1. The van der Waals surface area contributed by atoms with Crippen LogP contribution in [0.3, 0.4) is 0 Å². The van der Waals surface area contributed by atoms with E-state index in [0.717, 1.165) is 23.7 Å². The quantitative estimate of drug-likeness (QED) is 0.777. The summed E-state index contributed by atoms with van der Waals surface area (Å²) in [6.45, 7) is 3.42. The normalized spacial score (nSPS) is 13.0. The van der Waals surface area contributed by atoms with E-state index >= 15 is 0 Å². The molecule has 0 fully saturated rings. The first-order valence-electron chi connectivity index (χ1n) is 5.18.